The summed E-state index contributed by atoms with van der Waals surface area (Å²) in [5.41, 5.74) is 0. The van der Waals surface area contributed by atoms with Gasteiger partial charge in [-0.05, 0) is 111 Å². The molecule has 0 spiro atoms. The number of hydrogen-bond acceptors (Lipinski definition) is 6. The van der Waals surface area contributed by atoms with Gasteiger partial charge in [0.1, 0.15) is 12.2 Å². The van der Waals surface area contributed by atoms with Crippen LogP contribution >= 0.6 is 0 Å². The molecule has 0 heterocycles. The van der Waals surface area contributed by atoms with Crippen molar-refractivity contribution in [2.45, 2.75) is 342 Å². The maximum absolute atomic E-state index is 14.0. The predicted octanol–water partition coefficient (Wildman–Crippen LogP) is 18.2. The molecule has 7 heteroatoms. The number of nitrogens with zero attached hydrogens (tertiary/aromatic N) is 2. The highest BCUT2D eigenvalue weighted by atomic mass is 16.5. The smallest absolute Gasteiger partial charge is 0.306 e. The second-order valence-electron chi connectivity index (χ2n) is 21.2. The van der Waals surface area contributed by atoms with Crippen molar-refractivity contribution in [3.8, 4) is 0 Å². The van der Waals surface area contributed by atoms with Crippen LogP contribution in [-0.2, 0) is 23.9 Å². The molecule has 0 aromatic heterocycles. The summed E-state index contributed by atoms with van der Waals surface area (Å²) in [6, 6.07) is 0.324. The number of amides is 1. The Morgan fingerprint density at radius 3 is 0.985 bits per heavy atom. The first kappa shape index (κ1) is 65.4. The van der Waals surface area contributed by atoms with Crippen LogP contribution in [0.2, 0.25) is 0 Å². The van der Waals surface area contributed by atoms with Crippen LogP contribution in [0.1, 0.15) is 324 Å². The van der Waals surface area contributed by atoms with Gasteiger partial charge in [-0.2, -0.15) is 0 Å². The molecule has 0 bridgehead atoms. The Morgan fingerprint density at radius 2 is 0.627 bits per heavy atom. The van der Waals surface area contributed by atoms with Gasteiger partial charge in [-0.25, -0.2) is 0 Å². The Kier molecular flexibility index (Phi) is 49.5. The minimum atomic E-state index is 0.0140. The average molecular weight is 948 g/mol. The van der Waals surface area contributed by atoms with Crippen LogP contribution in [0.25, 0.3) is 0 Å². The lowest BCUT2D eigenvalue weighted by molar-refractivity contribution is -0.151. The van der Waals surface area contributed by atoms with E-state index in [2.05, 4.69) is 58.5 Å². The summed E-state index contributed by atoms with van der Waals surface area (Å²) in [6.45, 7) is 13.1. The molecule has 0 saturated heterocycles. The second kappa shape index (κ2) is 50.7. The Labute approximate surface area is 419 Å². The van der Waals surface area contributed by atoms with Crippen molar-refractivity contribution in [1.29, 1.82) is 0 Å². The quantitative estimate of drug-likeness (QED) is 0.0447. The van der Waals surface area contributed by atoms with E-state index >= 15 is 0 Å². The number of rotatable bonds is 53. The molecule has 0 rings (SSSR count). The largest absolute Gasteiger partial charge is 0.462 e. The molecule has 67 heavy (non-hydrogen) atoms. The van der Waals surface area contributed by atoms with Gasteiger partial charge in [-0.15, -0.1) is 0 Å². The third kappa shape index (κ3) is 44.1. The molecule has 0 aliphatic rings. The van der Waals surface area contributed by atoms with Crippen LogP contribution in [0.15, 0.2) is 0 Å². The Hall–Kier alpha value is -1.63. The molecule has 0 radical (unpaired) electrons. The number of unbranched alkanes of at least 4 members (excludes halogenated alkanes) is 28. The topological polar surface area (TPSA) is 76.2 Å². The van der Waals surface area contributed by atoms with E-state index in [1.165, 1.54) is 167 Å². The first-order valence-electron chi connectivity index (χ1n) is 30.0. The number of carbonyl (C=O) groups is 3. The lowest BCUT2D eigenvalue weighted by Crippen LogP contribution is -2.41. The maximum Gasteiger partial charge on any atom is 0.306 e. The highest BCUT2D eigenvalue weighted by Gasteiger charge is 2.23. The molecule has 0 unspecified atom stereocenters. The van der Waals surface area contributed by atoms with Crippen molar-refractivity contribution in [1.82, 2.24) is 9.80 Å². The van der Waals surface area contributed by atoms with E-state index in [4.69, 9.17) is 9.47 Å². The normalized spacial score (nSPS) is 11.7. The molecule has 0 aliphatic carbocycles. The van der Waals surface area contributed by atoms with E-state index in [9.17, 15) is 14.4 Å². The van der Waals surface area contributed by atoms with Gasteiger partial charge in [-0.1, -0.05) is 214 Å². The fourth-order valence-corrected chi connectivity index (χ4v) is 9.82. The van der Waals surface area contributed by atoms with Crippen molar-refractivity contribution in [3.05, 3.63) is 0 Å². The van der Waals surface area contributed by atoms with E-state index in [0.29, 0.717) is 31.2 Å². The SMILES string of the molecule is CCCCCCCCCN(C(=O)CCCN(C)C)C(CCCCCCCCC(=O)OC(CCCCCC)CCCCCC)CCCCCCCCC(=O)OC(CCCCCC)CCCCCC. The first-order chi connectivity index (χ1) is 32.7. The minimum absolute atomic E-state index is 0.0140. The summed E-state index contributed by atoms with van der Waals surface area (Å²) in [4.78, 5) is 44.2. The summed E-state index contributed by atoms with van der Waals surface area (Å²) in [5, 5.41) is 0. The van der Waals surface area contributed by atoms with Crippen LogP contribution in [0.3, 0.4) is 0 Å². The van der Waals surface area contributed by atoms with Gasteiger partial charge in [0.2, 0.25) is 5.91 Å². The number of hydrogen-bond donors (Lipinski definition) is 0. The van der Waals surface area contributed by atoms with Crippen molar-refractivity contribution in [3.63, 3.8) is 0 Å². The lowest BCUT2D eigenvalue weighted by Gasteiger charge is -2.33. The van der Waals surface area contributed by atoms with Crippen molar-refractivity contribution in [2.24, 2.45) is 0 Å². The second-order valence-corrected chi connectivity index (χ2v) is 21.2. The number of carbonyl (C=O) groups excluding carboxylic acids is 3. The molecule has 0 atom stereocenters. The molecule has 0 saturated carbocycles. The van der Waals surface area contributed by atoms with Gasteiger partial charge < -0.3 is 19.3 Å². The third-order valence-electron chi connectivity index (χ3n) is 14.2. The summed E-state index contributed by atoms with van der Waals surface area (Å²) in [6.07, 6.45) is 51.2. The monoisotopic (exact) mass is 947 g/mol. The van der Waals surface area contributed by atoms with Crippen molar-refractivity contribution in [2.75, 3.05) is 27.2 Å². The average Bonchev–Trinajstić information content (AvgIpc) is 3.31. The van der Waals surface area contributed by atoms with E-state index in [0.717, 1.165) is 116 Å². The third-order valence-corrected chi connectivity index (χ3v) is 14.2. The highest BCUT2D eigenvalue weighted by Crippen LogP contribution is 2.23. The van der Waals surface area contributed by atoms with E-state index in [1.54, 1.807) is 0 Å². The molecule has 0 fully saturated rings. The van der Waals surface area contributed by atoms with E-state index < -0.39 is 0 Å². The summed E-state index contributed by atoms with van der Waals surface area (Å²) in [7, 11) is 4.20. The molecule has 0 aliphatic heterocycles. The summed E-state index contributed by atoms with van der Waals surface area (Å²) >= 11 is 0. The maximum atomic E-state index is 14.0. The zero-order valence-corrected chi connectivity index (χ0v) is 46.4. The van der Waals surface area contributed by atoms with Crippen LogP contribution in [0.4, 0.5) is 0 Å². The molecule has 7 nitrogen and oxygen atoms in total. The standard InChI is InChI=1S/C60H118N2O5/c1-8-13-18-23-28-33-42-54-62(58(63)50-43-53-61(6)7)55(44-34-29-24-26-31-40-51-59(64)66-56(46-36-19-14-9-2)47-37-20-15-10-3)45-35-30-25-27-32-41-52-60(65)67-57(48-38-21-16-11-4)49-39-22-17-12-5/h55-57H,8-54H2,1-7H3. The van der Waals surface area contributed by atoms with Crippen LogP contribution in [-0.4, -0.2) is 73.1 Å². The fraction of sp³-hybridized carbons (Fsp3) is 0.950. The Bertz CT molecular complexity index is 985. The number of ether oxygens (including phenoxy) is 2. The predicted molar refractivity (Wildman–Crippen MR) is 290 cm³/mol. The van der Waals surface area contributed by atoms with Gasteiger partial charge in [0.25, 0.3) is 0 Å². The van der Waals surface area contributed by atoms with Gasteiger partial charge in [0.15, 0.2) is 0 Å². The van der Waals surface area contributed by atoms with Gasteiger partial charge >= 0.3 is 11.9 Å². The molecule has 398 valence electrons. The van der Waals surface area contributed by atoms with Gasteiger partial charge in [-0.3, -0.25) is 14.4 Å². The zero-order valence-electron chi connectivity index (χ0n) is 46.4. The van der Waals surface area contributed by atoms with Crippen molar-refractivity contribution >= 4 is 17.8 Å². The van der Waals surface area contributed by atoms with Crippen molar-refractivity contribution < 1.29 is 23.9 Å². The molecule has 0 N–H and O–H groups in total. The lowest BCUT2D eigenvalue weighted by atomic mass is 9.97. The Morgan fingerprint density at radius 1 is 0.328 bits per heavy atom. The molecule has 0 aromatic carbocycles. The van der Waals surface area contributed by atoms with Crippen LogP contribution < -0.4 is 0 Å². The minimum Gasteiger partial charge on any atom is -0.462 e. The summed E-state index contributed by atoms with van der Waals surface area (Å²) in [5.74, 6) is 0.394. The van der Waals surface area contributed by atoms with Crippen LogP contribution in [0.5, 0.6) is 0 Å². The van der Waals surface area contributed by atoms with E-state index in [-0.39, 0.29) is 24.1 Å². The van der Waals surface area contributed by atoms with Gasteiger partial charge in [0.05, 0.1) is 0 Å². The first-order valence-corrected chi connectivity index (χ1v) is 30.0. The van der Waals surface area contributed by atoms with Gasteiger partial charge in [0, 0.05) is 31.8 Å². The van der Waals surface area contributed by atoms with Crippen LogP contribution in [0, 0.1) is 0 Å². The van der Waals surface area contributed by atoms with E-state index in [1.807, 2.05) is 0 Å². The fourth-order valence-electron chi connectivity index (χ4n) is 9.82. The molecular formula is C60H118N2O5. The molecule has 0 aromatic rings. The summed E-state index contributed by atoms with van der Waals surface area (Å²) < 4.78 is 12.1. The Balaban J connectivity index is 5.14. The highest BCUT2D eigenvalue weighted by molar-refractivity contribution is 5.76. The molecular weight excluding hydrogens is 829 g/mol. The molecule has 1 amide bonds. The number of esters is 2. The zero-order chi connectivity index (χ0) is 49.3.